The van der Waals surface area contributed by atoms with Gasteiger partial charge in [-0.15, -0.1) is 0 Å². The van der Waals surface area contributed by atoms with Crippen molar-refractivity contribution in [1.82, 2.24) is 0 Å². The van der Waals surface area contributed by atoms with E-state index in [1.54, 1.807) is 0 Å². The van der Waals surface area contributed by atoms with Gasteiger partial charge in [-0.1, -0.05) is 59.8 Å². The van der Waals surface area contributed by atoms with E-state index in [1.165, 1.54) is 29.5 Å². The lowest BCUT2D eigenvalue weighted by Gasteiger charge is -2.08. The van der Waals surface area contributed by atoms with Crippen molar-refractivity contribution in [2.24, 2.45) is 11.1 Å². The summed E-state index contributed by atoms with van der Waals surface area (Å²) in [4.78, 5) is 5.40. The molecule has 0 aliphatic heterocycles. The van der Waals surface area contributed by atoms with Gasteiger partial charge in [0.05, 0.1) is 0 Å². The van der Waals surface area contributed by atoms with Gasteiger partial charge in [0.2, 0.25) is 0 Å². The third-order valence-electron chi connectivity index (χ3n) is 3.29. The van der Waals surface area contributed by atoms with Crippen LogP contribution in [0.5, 0.6) is 0 Å². The molecular weight excluding hydrogens is 234 g/mol. The van der Waals surface area contributed by atoms with Crippen LogP contribution in [0.2, 0.25) is 0 Å². The molecule has 0 atom stereocenters. The van der Waals surface area contributed by atoms with Gasteiger partial charge in [0.25, 0.3) is 0 Å². The van der Waals surface area contributed by atoms with E-state index in [4.69, 9.17) is 4.84 Å². The predicted octanol–water partition coefficient (Wildman–Crippen LogP) is 4.27. The Morgan fingerprint density at radius 3 is 2.53 bits per heavy atom. The highest BCUT2D eigenvalue weighted by atomic mass is 16.6. The summed E-state index contributed by atoms with van der Waals surface area (Å²) < 4.78 is 0. The molecule has 0 radical (unpaired) electrons. The molecule has 2 aromatic carbocycles. The molecule has 1 fully saturated rings. The number of hydrogen-bond donors (Lipinski definition) is 0. The van der Waals surface area contributed by atoms with Gasteiger partial charge in [0.1, 0.15) is 6.61 Å². The minimum Gasteiger partial charge on any atom is -0.391 e. The van der Waals surface area contributed by atoms with E-state index < -0.39 is 0 Å². The van der Waals surface area contributed by atoms with Crippen LogP contribution in [0.4, 0.5) is 0 Å². The predicted molar refractivity (Wildman–Crippen MR) is 77.9 cm³/mol. The molecule has 0 aromatic heterocycles. The Morgan fingerprint density at radius 1 is 1.00 bits per heavy atom. The summed E-state index contributed by atoms with van der Waals surface area (Å²) in [5.74, 6) is 0.657. The average Bonchev–Trinajstić information content (AvgIpc) is 3.29. The Morgan fingerprint density at radius 2 is 1.74 bits per heavy atom. The number of rotatable bonds is 5. The lowest BCUT2D eigenvalue weighted by molar-refractivity contribution is 0.131. The Bertz CT molecular complexity index is 558. The first-order chi connectivity index (χ1) is 9.43. The maximum Gasteiger partial charge on any atom is 0.142 e. The van der Waals surface area contributed by atoms with E-state index >= 15 is 0 Å². The maximum atomic E-state index is 5.40. The lowest BCUT2D eigenvalue weighted by atomic mass is 10.0. The quantitative estimate of drug-likeness (QED) is 0.574. The number of benzene rings is 2. The van der Waals surface area contributed by atoms with Crippen LogP contribution < -0.4 is 0 Å². The van der Waals surface area contributed by atoms with Crippen LogP contribution in [0, 0.1) is 5.92 Å². The second-order valence-electron chi connectivity index (χ2n) is 4.89. The fourth-order valence-corrected chi connectivity index (χ4v) is 2.03. The van der Waals surface area contributed by atoms with Crippen molar-refractivity contribution >= 4 is 6.21 Å². The van der Waals surface area contributed by atoms with E-state index in [9.17, 15) is 0 Å². The van der Waals surface area contributed by atoms with Crippen molar-refractivity contribution in [3.63, 3.8) is 0 Å². The largest absolute Gasteiger partial charge is 0.391 e. The molecule has 1 saturated carbocycles. The second kappa shape index (κ2) is 5.70. The molecule has 0 bridgehead atoms. The summed E-state index contributed by atoms with van der Waals surface area (Å²) in [6.07, 6.45) is 4.44. The smallest absolute Gasteiger partial charge is 0.142 e. The zero-order valence-electron chi connectivity index (χ0n) is 10.8. The molecule has 1 aliphatic carbocycles. The van der Waals surface area contributed by atoms with Crippen LogP contribution >= 0.6 is 0 Å². The van der Waals surface area contributed by atoms with Crippen molar-refractivity contribution in [2.45, 2.75) is 19.4 Å². The third kappa shape index (κ3) is 3.22. The first-order valence-corrected chi connectivity index (χ1v) is 6.72. The molecule has 0 saturated heterocycles. The molecule has 0 unspecified atom stereocenters. The van der Waals surface area contributed by atoms with Crippen molar-refractivity contribution in [1.29, 1.82) is 0 Å². The topological polar surface area (TPSA) is 21.6 Å². The summed E-state index contributed by atoms with van der Waals surface area (Å²) in [6.45, 7) is 0.522. The standard InChI is InChI=1S/C17H17NO/c1-2-6-15(7-3-1)17-9-5-4-8-16(17)13-19-18-12-14-10-11-14/h1-9,12,14H,10-11,13H2. The highest BCUT2D eigenvalue weighted by Crippen LogP contribution is 2.27. The van der Waals surface area contributed by atoms with Crippen LogP contribution in [0.3, 0.4) is 0 Å². The number of nitrogens with zero attached hydrogens (tertiary/aromatic N) is 1. The molecule has 19 heavy (non-hydrogen) atoms. The molecule has 96 valence electrons. The maximum absolute atomic E-state index is 5.40. The second-order valence-corrected chi connectivity index (χ2v) is 4.89. The molecule has 0 heterocycles. The molecule has 2 nitrogen and oxygen atoms in total. The van der Waals surface area contributed by atoms with Gasteiger partial charge < -0.3 is 4.84 Å². The zero-order valence-corrected chi connectivity index (χ0v) is 10.8. The van der Waals surface area contributed by atoms with E-state index in [2.05, 4.69) is 47.6 Å². The normalized spacial score (nSPS) is 14.7. The Labute approximate surface area is 113 Å². The summed E-state index contributed by atoms with van der Waals surface area (Å²) in [7, 11) is 0. The molecule has 2 heteroatoms. The Kier molecular flexibility index (Phi) is 3.59. The van der Waals surface area contributed by atoms with E-state index in [0.717, 1.165) is 0 Å². The van der Waals surface area contributed by atoms with E-state index in [1.807, 2.05) is 18.3 Å². The van der Waals surface area contributed by atoms with Crippen LogP contribution in [-0.2, 0) is 11.4 Å². The monoisotopic (exact) mass is 251 g/mol. The third-order valence-corrected chi connectivity index (χ3v) is 3.29. The van der Waals surface area contributed by atoms with Crippen LogP contribution in [-0.4, -0.2) is 6.21 Å². The number of oxime groups is 1. The molecule has 0 N–H and O–H groups in total. The van der Waals surface area contributed by atoms with Crippen molar-refractivity contribution in [3.05, 3.63) is 60.2 Å². The molecular formula is C17H17NO. The van der Waals surface area contributed by atoms with Gasteiger partial charge in [-0.3, -0.25) is 0 Å². The summed E-state index contributed by atoms with van der Waals surface area (Å²) in [5, 5.41) is 4.04. The van der Waals surface area contributed by atoms with Crippen LogP contribution in [0.15, 0.2) is 59.8 Å². The van der Waals surface area contributed by atoms with E-state index in [0.29, 0.717) is 12.5 Å². The van der Waals surface area contributed by atoms with E-state index in [-0.39, 0.29) is 0 Å². The highest BCUT2D eigenvalue weighted by molar-refractivity contribution is 5.67. The zero-order chi connectivity index (χ0) is 12.9. The fraction of sp³-hybridized carbons (Fsp3) is 0.235. The van der Waals surface area contributed by atoms with Gasteiger partial charge in [0, 0.05) is 6.21 Å². The summed E-state index contributed by atoms with van der Waals surface area (Å²) >= 11 is 0. The minimum absolute atomic E-state index is 0.522. The molecule has 0 spiro atoms. The Balaban J connectivity index is 1.73. The van der Waals surface area contributed by atoms with Crippen molar-refractivity contribution in [3.8, 4) is 11.1 Å². The van der Waals surface area contributed by atoms with Crippen LogP contribution in [0.1, 0.15) is 18.4 Å². The Hall–Kier alpha value is -2.09. The first kappa shape index (κ1) is 12.0. The molecule has 0 amide bonds. The fourth-order valence-electron chi connectivity index (χ4n) is 2.03. The van der Waals surface area contributed by atoms with Crippen LogP contribution in [0.25, 0.3) is 11.1 Å². The molecule has 1 aliphatic rings. The number of hydrogen-bond acceptors (Lipinski definition) is 2. The van der Waals surface area contributed by atoms with Gasteiger partial charge in [0.15, 0.2) is 0 Å². The van der Waals surface area contributed by atoms with Crippen molar-refractivity contribution < 1.29 is 4.84 Å². The van der Waals surface area contributed by atoms with Crippen molar-refractivity contribution in [2.75, 3.05) is 0 Å². The highest BCUT2D eigenvalue weighted by Gasteiger charge is 2.18. The molecule has 2 aromatic rings. The first-order valence-electron chi connectivity index (χ1n) is 6.72. The van der Waals surface area contributed by atoms with Gasteiger partial charge in [-0.25, -0.2) is 0 Å². The van der Waals surface area contributed by atoms with Gasteiger partial charge in [-0.2, -0.15) is 0 Å². The summed E-state index contributed by atoms with van der Waals surface area (Å²) in [6, 6.07) is 18.7. The van der Waals surface area contributed by atoms with Gasteiger partial charge >= 0.3 is 0 Å². The lowest BCUT2D eigenvalue weighted by Crippen LogP contribution is -1.92. The average molecular weight is 251 g/mol. The SMILES string of the molecule is C(=NOCc1ccccc1-c1ccccc1)C1CC1. The van der Waals surface area contributed by atoms with Gasteiger partial charge in [-0.05, 0) is 35.4 Å². The minimum atomic E-state index is 0.522. The summed E-state index contributed by atoms with van der Waals surface area (Å²) in [5.41, 5.74) is 3.60. The molecule has 3 rings (SSSR count).